The van der Waals surface area contributed by atoms with Crippen molar-refractivity contribution in [3.8, 4) is 22.6 Å². The summed E-state index contributed by atoms with van der Waals surface area (Å²) in [5, 5.41) is 3.08. The number of para-hydroxylation sites is 1. The summed E-state index contributed by atoms with van der Waals surface area (Å²) in [7, 11) is 5.30. The van der Waals surface area contributed by atoms with E-state index in [0.717, 1.165) is 51.7 Å². The second-order valence-corrected chi connectivity index (χ2v) is 7.28. The molecule has 0 saturated carbocycles. The van der Waals surface area contributed by atoms with Crippen molar-refractivity contribution in [2.75, 3.05) is 39.7 Å². The summed E-state index contributed by atoms with van der Waals surface area (Å²) in [6.45, 7) is 1.24. The number of methoxy groups -OCH3 is 2. The van der Waals surface area contributed by atoms with Gasteiger partial charge in [0.1, 0.15) is 0 Å². The average molecular weight is 406 g/mol. The maximum atomic E-state index is 12.6. The van der Waals surface area contributed by atoms with Crippen LogP contribution in [0.25, 0.3) is 11.1 Å². The zero-order valence-corrected chi connectivity index (χ0v) is 17.8. The van der Waals surface area contributed by atoms with E-state index in [1.807, 2.05) is 79.8 Å². The van der Waals surface area contributed by atoms with E-state index in [0.29, 0.717) is 6.54 Å². The molecule has 0 aromatic heterocycles. The molecule has 2 N–H and O–H groups in total. The lowest BCUT2D eigenvalue weighted by Crippen LogP contribution is -3.10. The van der Waals surface area contributed by atoms with E-state index >= 15 is 0 Å². The fourth-order valence-electron chi connectivity index (χ4n) is 3.41. The van der Waals surface area contributed by atoms with E-state index in [-0.39, 0.29) is 5.91 Å². The number of likely N-dealkylation sites (N-methyl/N-ethyl adjacent to an activating group) is 1. The molecule has 30 heavy (non-hydrogen) atoms. The first kappa shape index (κ1) is 21.4. The third kappa shape index (κ3) is 5.61. The highest BCUT2D eigenvalue weighted by molar-refractivity contribution is 5.96. The predicted molar refractivity (Wildman–Crippen MR) is 120 cm³/mol. The Balaban J connectivity index is 1.57. The Morgan fingerprint density at radius 1 is 0.900 bits per heavy atom. The number of anilines is 1. The van der Waals surface area contributed by atoms with Gasteiger partial charge in [0.25, 0.3) is 5.91 Å². The normalized spacial score (nSPS) is 11.6. The van der Waals surface area contributed by atoms with Crippen molar-refractivity contribution < 1.29 is 19.2 Å². The van der Waals surface area contributed by atoms with Crippen LogP contribution in [0.5, 0.6) is 11.5 Å². The third-order valence-electron chi connectivity index (χ3n) is 5.04. The van der Waals surface area contributed by atoms with Crippen LogP contribution in [-0.2, 0) is 11.2 Å². The van der Waals surface area contributed by atoms with Gasteiger partial charge in [0, 0.05) is 17.7 Å². The topological polar surface area (TPSA) is 52.0 Å². The second kappa shape index (κ2) is 10.5. The van der Waals surface area contributed by atoms with E-state index < -0.39 is 0 Å². The Morgan fingerprint density at radius 3 is 2.33 bits per heavy atom. The fourth-order valence-corrected chi connectivity index (χ4v) is 3.41. The summed E-state index contributed by atoms with van der Waals surface area (Å²) >= 11 is 0. The summed E-state index contributed by atoms with van der Waals surface area (Å²) in [6, 6.07) is 23.9. The number of benzene rings is 3. The van der Waals surface area contributed by atoms with Crippen molar-refractivity contribution in [2.24, 2.45) is 0 Å². The molecule has 1 unspecified atom stereocenters. The van der Waals surface area contributed by atoms with Crippen LogP contribution >= 0.6 is 0 Å². The molecule has 3 rings (SSSR count). The highest BCUT2D eigenvalue weighted by Crippen LogP contribution is 2.28. The predicted octanol–water partition coefficient (Wildman–Crippen LogP) is 3.07. The Morgan fingerprint density at radius 2 is 1.60 bits per heavy atom. The molecule has 0 bridgehead atoms. The second-order valence-electron chi connectivity index (χ2n) is 7.28. The highest BCUT2D eigenvalue weighted by atomic mass is 16.5. The van der Waals surface area contributed by atoms with Gasteiger partial charge in [-0.2, -0.15) is 0 Å². The number of nitrogens with one attached hydrogen (secondary N) is 2. The molecule has 0 aliphatic heterocycles. The maximum Gasteiger partial charge on any atom is 0.279 e. The minimum atomic E-state index is 0.00296. The monoisotopic (exact) mass is 405 g/mol. The molecule has 156 valence electrons. The molecule has 0 fully saturated rings. The zero-order valence-electron chi connectivity index (χ0n) is 17.8. The van der Waals surface area contributed by atoms with Crippen molar-refractivity contribution in [1.82, 2.24) is 0 Å². The van der Waals surface area contributed by atoms with Gasteiger partial charge in [-0.3, -0.25) is 4.79 Å². The van der Waals surface area contributed by atoms with Gasteiger partial charge in [0.2, 0.25) is 0 Å². The van der Waals surface area contributed by atoms with Crippen LogP contribution in [0.1, 0.15) is 5.56 Å². The third-order valence-corrected chi connectivity index (χ3v) is 5.04. The van der Waals surface area contributed by atoms with Crippen LogP contribution in [0.3, 0.4) is 0 Å². The zero-order chi connectivity index (χ0) is 21.3. The van der Waals surface area contributed by atoms with Crippen LogP contribution in [0.4, 0.5) is 5.69 Å². The van der Waals surface area contributed by atoms with Crippen molar-refractivity contribution >= 4 is 11.6 Å². The molecule has 0 aliphatic rings. The average Bonchev–Trinajstić information content (AvgIpc) is 2.78. The number of hydrogen-bond acceptors (Lipinski definition) is 3. The van der Waals surface area contributed by atoms with E-state index in [2.05, 4.69) is 5.32 Å². The lowest BCUT2D eigenvalue weighted by Gasteiger charge is -2.16. The number of ether oxygens (including phenoxy) is 2. The summed E-state index contributed by atoms with van der Waals surface area (Å²) in [4.78, 5) is 13.8. The maximum absolute atomic E-state index is 12.6. The van der Waals surface area contributed by atoms with Gasteiger partial charge in [-0.1, -0.05) is 54.6 Å². The van der Waals surface area contributed by atoms with Crippen LogP contribution in [0, 0.1) is 0 Å². The minimum absolute atomic E-state index is 0.00296. The van der Waals surface area contributed by atoms with Crippen molar-refractivity contribution in [3.05, 3.63) is 78.4 Å². The first-order chi connectivity index (χ1) is 14.6. The van der Waals surface area contributed by atoms with Gasteiger partial charge in [-0.15, -0.1) is 0 Å². The van der Waals surface area contributed by atoms with Crippen LogP contribution in [-0.4, -0.2) is 40.3 Å². The summed E-state index contributed by atoms with van der Waals surface area (Å²) in [5.74, 6) is 1.45. The molecule has 5 nitrogen and oxygen atoms in total. The lowest BCUT2D eigenvalue weighted by molar-refractivity contribution is -0.870. The number of carbonyl (C=O) groups excluding carboxylic acids is 1. The van der Waals surface area contributed by atoms with Crippen molar-refractivity contribution in [3.63, 3.8) is 0 Å². The van der Waals surface area contributed by atoms with E-state index in [1.165, 1.54) is 0 Å². The smallest absolute Gasteiger partial charge is 0.279 e. The molecular formula is C25H29N2O3+. The van der Waals surface area contributed by atoms with Gasteiger partial charge in [-0.25, -0.2) is 0 Å². The lowest BCUT2D eigenvalue weighted by atomic mass is 10.0. The fraction of sp³-hybridized carbons (Fsp3) is 0.240. The number of amides is 1. The first-order valence-electron chi connectivity index (χ1n) is 10.1. The molecule has 0 aliphatic carbocycles. The molecule has 1 atom stereocenters. The summed E-state index contributed by atoms with van der Waals surface area (Å²) < 4.78 is 10.7. The van der Waals surface area contributed by atoms with E-state index in [1.54, 1.807) is 14.2 Å². The van der Waals surface area contributed by atoms with Crippen LogP contribution in [0.15, 0.2) is 72.8 Å². The Labute approximate surface area is 178 Å². The molecule has 0 saturated heterocycles. The van der Waals surface area contributed by atoms with Gasteiger partial charge in [0.15, 0.2) is 18.0 Å². The number of rotatable bonds is 9. The van der Waals surface area contributed by atoms with E-state index in [9.17, 15) is 4.79 Å². The Hall–Kier alpha value is -3.31. The van der Waals surface area contributed by atoms with Crippen molar-refractivity contribution in [2.45, 2.75) is 6.42 Å². The van der Waals surface area contributed by atoms with Gasteiger partial charge in [0.05, 0.1) is 27.8 Å². The Kier molecular flexibility index (Phi) is 7.46. The molecular weight excluding hydrogens is 376 g/mol. The molecule has 3 aromatic carbocycles. The molecule has 0 spiro atoms. The minimum Gasteiger partial charge on any atom is -0.493 e. The summed E-state index contributed by atoms with van der Waals surface area (Å²) in [5.41, 5.74) is 4.10. The molecule has 3 aromatic rings. The number of carbonyl (C=O) groups is 1. The molecule has 0 radical (unpaired) electrons. The number of hydrogen-bond donors (Lipinski definition) is 2. The quantitative estimate of drug-likeness (QED) is 0.575. The van der Waals surface area contributed by atoms with Gasteiger partial charge < -0.3 is 19.7 Å². The standard InChI is InChI=1S/C25H28N2O3/c1-27(16-15-19-13-14-23(29-2)24(17-19)30-3)18-25(28)26-22-12-8-7-11-21(22)20-9-5-4-6-10-20/h4-14,17H,15-16,18H2,1-3H3,(H,26,28)/p+1. The Bertz CT molecular complexity index is 973. The molecule has 5 heteroatoms. The van der Waals surface area contributed by atoms with Crippen LogP contribution in [0.2, 0.25) is 0 Å². The molecule has 1 amide bonds. The largest absolute Gasteiger partial charge is 0.493 e. The van der Waals surface area contributed by atoms with Crippen molar-refractivity contribution in [1.29, 1.82) is 0 Å². The van der Waals surface area contributed by atoms with Crippen LogP contribution < -0.4 is 19.7 Å². The van der Waals surface area contributed by atoms with Gasteiger partial charge >= 0.3 is 0 Å². The molecule has 0 heterocycles. The summed E-state index contributed by atoms with van der Waals surface area (Å²) in [6.07, 6.45) is 0.847. The first-order valence-corrected chi connectivity index (χ1v) is 10.1. The highest BCUT2D eigenvalue weighted by Gasteiger charge is 2.13. The number of quaternary nitrogens is 1. The SMILES string of the molecule is COc1ccc(CC[NH+](C)CC(=O)Nc2ccccc2-c2ccccc2)cc1OC. The van der Waals surface area contributed by atoms with E-state index in [4.69, 9.17) is 9.47 Å². The van der Waals surface area contributed by atoms with Gasteiger partial charge in [-0.05, 0) is 29.3 Å².